The molecular formula is C9H10BrClF3NO. The van der Waals surface area contributed by atoms with E-state index in [-0.39, 0.29) is 18.2 Å². The predicted molar refractivity (Wildman–Crippen MR) is 60.7 cm³/mol. The lowest BCUT2D eigenvalue weighted by molar-refractivity contribution is -0.275. The Labute approximate surface area is 105 Å². The van der Waals surface area contributed by atoms with Crippen molar-refractivity contribution in [2.75, 3.05) is 0 Å². The molecule has 0 aliphatic heterocycles. The normalized spacial score (nSPS) is 12.9. The van der Waals surface area contributed by atoms with Crippen molar-refractivity contribution in [1.82, 2.24) is 0 Å². The Morgan fingerprint density at radius 1 is 1.38 bits per heavy atom. The van der Waals surface area contributed by atoms with Gasteiger partial charge in [0.2, 0.25) is 0 Å². The number of alkyl halides is 3. The zero-order valence-corrected chi connectivity index (χ0v) is 10.6. The monoisotopic (exact) mass is 319 g/mol. The van der Waals surface area contributed by atoms with Crippen LogP contribution in [0.3, 0.4) is 0 Å². The summed E-state index contributed by atoms with van der Waals surface area (Å²) < 4.78 is 40.5. The Morgan fingerprint density at radius 3 is 2.38 bits per heavy atom. The molecule has 7 heteroatoms. The van der Waals surface area contributed by atoms with Gasteiger partial charge in [-0.15, -0.1) is 25.6 Å². The van der Waals surface area contributed by atoms with Gasteiger partial charge in [0.1, 0.15) is 5.75 Å². The maximum Gasteiger partial charge on any atom is 0.573 e. The number of halogens is 5. The van der Waals surface area contributed by atoms with Gasteiger partial charge in [-0.3, -0.25) is 0 Å². The fraction of sp³-hybridized carbons (Fsp3) is 0.333. The van der Waals surface area contributed by atoms with E-state index in [1.165, 1.54) is 12.1 Å². The van der Waals surface area contributed by atoms with Crippen LogP contribution in [0.25, 0.3) is 0 Å². The fourth-order valence-electron chi connectivity index (χ4n) is 1.10. The smallest absolute Gasteiger partial charge is 0.405 e. The lowest BCUT2D eigenvalue weighted by Gasteiger charge is -2.15. The summed E-state index contributed by atoms with van der Waals surface area (Å²) in [5, 5.41) is 0. The molecule has 1 aromatic rings. The van der Waals surface area contributed by atoms with E-state index in [0.29, 0.717) is 10.0 Å². The van der Waals surface area contributed by atoms with Gasteiger partial charge in [-0.25, -0.2) is 0 Å². The minimum atomic E-state index is -4.70. The minimum Gasteiger partial charge on any atom is -0.405 e. The first-order valence-electron chi connectivity index (χ1n) is 4.10. The average molecular weight is 321 g/mol. The van der Waals surface area contributed by atoms with Crippen molar-refractivity contribution >= 4 is 28.3 Å². The number of hydrogen-bond donors (Lipinski definition) is 1. The molecule has 0 aliphatic carbocycles. The zero-order chi connectivity index (χ0) is 11.6. The van der Waals surface area contributed by atoms with Crippen LogP contribution in [0.1, 0.15) is 18.5 Å². The largest absolute Gasteiger partial charge is 0.573 e. The second kappa shape index (κ2) is 5.75. The van der Waals surface area contributed by atoms with Crippen LogP contribution in [0.15, 0.2) is 22.7 Å². The van der Waals surface area contributed by atoms with Gasteiger partial charge in [0.05, 0.1) is 0 Å². The molecule has 0 aromatic heterocycles. The SMILES string of the molecule is CC(N)c1ccc(Br)cc1OC(F)(F)F.Cl. The van der Waals surface area contributed by atoms with Crippen LogP contribution in [0.5, 0.6) is 5.75 Å². The van der Waals surface area contributed by atoms with Gasteiger partial charge in [0.15, 0.2) is 0 Å². The molecule has 0 amide bonds. The van der Waals surface area contributed by atoms with Crippen molar-refractivity contribution in [3.8, 4) is 5.75 Å². The summed E-state index contributed by atoms with van der Waals surface area (Å²) in [5.41, 5.74) is 5.84. The highest BCUT2D eigenvalue weighted by molar-refractivity contribution is 9.10. The Balaban J connectivity index is 0.00000225. The lowest BCUT2D eigenvalue weighted by Crippen LogP contribution is -2.19. The van der Waals surface area contributed by atoms with Crippen molar-refractivity contribution in [2.45, 2.75) is 19.3 Å². The van der Waals surface area contributed by atoms with Crippen molar-refractivity contribution < 1.29 is 17.9 Å². The maximum absolute atomic E-state index is 12.0. The zero-order valence-electron chi connectivity index (χ0n) is 8.22. The molecule has 0 fully saturated rings. The average Bonchev–Trinajstić information content (AvgIpc) is 1.99. The van der Waals surface area contributed by atoms with Crippen molar-refractivity contribution in [1.29, 1.82) is 0 Å². The number of nitrogens with two attached hydrogens (primary N) is 1. The quantitative estimate of drug-likeness (QED) is 0.900. The van der Waals surface area contributed by atoms with E-state index in [1.807, 2.05) is 0 Å². The first kappa shape index (κ1) is 15.5. The topological polar surface area (TPSA) is 35.2 Å². The highest BCUT2D eigenvalue weighted by atomic mass is 79.9. The molecule has 92 valence electrons. The van der Waals surface area contributed by atoms with Crippen LogP contribution in [-0.4, -0.2) is 6.36 Å². The van der Waals surface area contributed by atoms with E-state index in [2.05, 4.69) is 20.7 Å². The van der Waals surface area contributed by atoms with E-state index < -0.39 is 12.4 Å². The molecule has 16 heavy (non-hydrogen) atoms. The summed E-state index contributed by atoms with van der Waals surface area (Å²) in [6, 6.07) is 3.83. The van der Waals surface area contributed by atoms with E-state index in [1.54, 1.807) is 13.0 Å². The third kappa shape index (κ3) is 4.59. The summed E-state index contributed by atoms with van der Waals surface area (Å²) in [6.45, 7) is 1.59. The molecule has 1 atom stereocenters. The molecular weight excluding hydrogens is 310 g/mol. The summed E-state index contributed by atoms with van der Waals surface area (Å²) in [6.07, 6.45) is -4.70. The van der Waals surface area contributed by atoms with Gasteiger partial charge in [-0.2, -0.15) is 0 Å². The summed E-state index contributed by atoms with van der Waals surface area (Å²) >= 11 is 3.06. The Morgan fingerprint density at radius 2 is 1.94 bits per heavy atom. The Bertz CT molecular complexity index is 357. The molecule has 0 saturated heterocycles. The van der Waals surface area contributed by atoms with Crippen LogP contribution in [0.2, 0.25) is 0 Å². The standard InChI is InChI=1S/C9H9BrF3NO.ClH/c1-5(14)7-3-2-6(10)4-8(7)15-9(11,12)13;/h2-5H,14H2,1H3;1H. The second-order valence-corrected chi connectivity index (χ2v) is 3.93. The first-order chi connectivity index (χ1) is 6.79. The van der Waals surface area contributed by atoms with Crippen molar-refractivity contribution in [3.05, 3.63) is 28.2 Å². The number of benzene rings is 1. The summed E-state index contributed by atoms with van der Waals surface area (Å²) in [4.78, 5) is 0. The highest BCUT2D eigenvalue weighted by Gasteiger charge is 2.32. The van der Waals surface area contributed by atoms with Gasteiger partial charge < -0.3 is 10.5 Å². The summed E-state index contributed by atoms with van der Waals surface area (Å²) in [7, 11) is 0. The molecule has 2 N–H and O–H groups in total. The predicted octanol–water partition coefficient (Wildman–Crippen LogP) is 3.79. The van der Waals surface area contributed by atoms with Crippen LogP contribution in [0, 0.1) is 0 Å². The number of ether oxygens (including phenoxy) is 1. The van der Waals surface area contributed by atoms with Gasteiger partial charge in [0.25, 0.3) is 0 Å². The molecule has 1 aromatic carbocycles. The van der Waals surface area contributed by atoms with Gasteiger partial charge in [-0.1, -0.05) is 22.0 Å². The molecule has 1 unspecified atom stereocenters. The molecule has 0 radical (unpaired) electrons. The molecule has 0 aliphatic rings. The second-order valence-electron chi connectivity index (χ2n) is 3.02. The van der Waals surface area contributed by atoms with E-state index >= 15 is 0 Å². The molecule has 0 saturated carbocycles. The maximum atomic E-state index is 12.0. The third-order valence-electron chi connectivity index (χ3n) is 1.69. The Hall–Kier alpha value is -0.460. The fourth-order valence-corrected chi connectivity index (χ4v) is 1.44. The minimum absolute atomic E-state index is 0. The highest BCUT2D eigenvalue weighted by Crippen LogP contribution is 2.31. The van der Waals surface area contributed by atoms with Crippen LogP contribution < -0.4 is 10.5 Å². The van der Waals surface area contributed by atoms with Crippen LogP contribution >= 0.6 is 28.3 Å². The van der Waals surface area contributed by atoms with Gasteiger partial charge in [-0.05, 0) is 19.1 Å². The van der Waals surface area contributed by atoms with Gasteiger partial charge in [0, 0.05) is 16.1 Å². The van der Waals surface area contributed by atoms with Crippen LogP contribution in [-0.2, 0) is 0 Å². The van der Waals surface area contributed by atoms with E-state index in [4.69, 9.17) is 5.73 Å². The number of rotatable bonds is 2. The molecule has 0 spiro atoms. The van der Waals surface area contributed by atoms with Crippen LogP contribution in [0.4, 0.5) is 13.2 Å². The van der Waals surface area contributed by atoms with E-state index in [0.717, 1.165) is 0 Å². The van der Waals surface area contributed by atoms with Gasteiger partial charge >= 0.3 is 6.36 Å². The molecule has 0 heterocycles. The molecule has 1 rings (SSSR count). The Kier molecular flexibility index (Phi) is 5.58. The first-order valence-corrected chi connectivity index (χ1v) is 4.89. The lowest BCUT2D eigenvalue weighted by atomic mass is 10.1. The third-order valence-corrected chi connectivity index (χ3v) is 2.19. The molecule has 0 bridgehead atoms. The number of hydrogen-bond acceptors (Lipinski definition) is 2. The van der Waals surface area contributed by atoms with Crippen molar-refractivity contribution in [2.24, 2.45) is 5.73 Å². The molecule has 2 nitrogen and oxygen atoms in total. The van der Waals surface area contributed by atoms with E-state index in [9.17, 15) is 13.2 Å². The van der Waals surface area contributed by atoms with Crippen molar-refractivity contribution in [3.63, 3.8) is 0 Å². The summed E-state index contributed by atoms with van der Waals surface area (Å²) in [5.74, 6) is -0.271.